The van der Waals surface area contributed by atoms with Crippen LogP contribution in [0.3, 0.4) is 0 Å². The Bertz CT molecular complexity index is 173. The first kappa shape index (κ1) is 8.33. The quantitative estimate of drug-likeness (QED) is 0.264. The lowest BCUT2D eigenvalue weighted by atomic mass is 10.1. The standard InChI is InChI=1S/C7H15N3O/c1-10(2)5-7(3-4-7)6(8)9-11/h11H,3-5H2,1-2H3,(H2,8,9). The first-order valence-corrected chi connectivity index (χ1v) is 3.73. The highest BCUT2D eigenvalue weighted by Gasteiger charge is 2.47. The molecule has 0 aromatic heterocycles. The van der Waals surface area contributed by atoms with E-state index in [0.29, 0.717) is 5.84 Å². The number of rotatable bonds is 3. The molecule has 0 saturated heterocycles. The summed E-state index contributed by atoms with van der Waals surface area (Å²) in [5.74, 6) is 0.381. The Hall–Kier alpha value is -0.770. The monoisotopic (exact) mass is 157 g/mol. The van der Waals surface area contributed by atoms with Crippen LogP contribution in [0.4, 0.5) is 0 Å². The van der Waals surface area contributed by atoms with E-state index in [2.05, 4.69) is 10.1 Å². The van der Waals surface area contributed by atoms with E-state index in [1.165, 1.54) is 0 Å². The van der Waals surface area contributed by atoms with Gasteiger partial charge in [0.2, 0.25) is 0 Å². The zero-order valence-corrected chi connectivity index (χ0v) is 7.04. The van der Waals surface area contributed by atoms with Crippen molar-refractivity contribution >= 4 is 5.84 Å². The molecule has 0 unspecified atom stereocenters. The Morgan fingerprint density at radius 2 is 2.18 bits per heavy atom. The first-order chi connectivity index (χ1) is 5.10. The Morgan fingerprint density at radius 3 is 2.45 bits per heavy atom. The van der Waals surface area contributed by atoms with Gasteiger partial charge in [0.15, 0.2) is 0 Å². The van der Waals surface area contributed by atoms with Crippen molar-refractivity contribution in [2.75, 3.05) is 20.6 Å². The second-order valence-corrected chi connectivity index (χ2v) is 3.50. The molecular formula is C7H15N3O. The summed E-state index contributed by atoms with van der Waals surface area (Å²) in [7, 11) is 3.98. The third kappa shape index (κ3) is 1.63. The summed E-state index contributed by atoms with van der Waals surface area (Å²) in [6, 6.07) is 0. The van der Waals surface area contributed by atoms with Crippen molar-refractivity contribution in [1.29, 1.82) is 0 Å². The molecule has 3 N–H and O–H groups in total. The van der Waals surface area contributed by atoms with Crippen molar-refractivity contribution in [3.63, 3.8) is 0 Å². The third-order valence-electron chi connectivity index (χ3n) is 2.12. The van der Waals surface area contributed by atoms with E-state index in [-0.39, 0.29) is 5.41 Å². The Morgan fingerprint density at radius 1 is 1.64 bits per heavy atom. The van der Waals surface area contributed by atoms with Crippen molar-refractivity contribution in [2.24, 2.45) is 16.3 Å². The molecule has 0 radical (unpaired) electrons. The van der Waals surface area contributed by atoms with Crippen LogP contribution in [-0.4, -0.2) is 36.6 Å². The highest BCUT2D eigenvalue weighted by atomic mass is 16.4. The molecule has 1 rings (SSSR count). The molecule has 1 aliphatic carbocycles. The summed E-state index contributed by atoms with van der Waals surface area (Å²) >= 11 is 0. The summed E-state index contributed by atoms with van der Waals surface area (Å²) in [5, 5.41) is 11.5. The number of nitrogens with two attached hydrogens (primary N) is 1. The minimum atomic E-state index is -0.0156. The van der Waals surface area contributed by atoms with Gasteiger partial charge in [-0.2, -0.15) is 0 Å². The molecule has 0 bridgehead atoms. The van der Waals surface area contributed by atoms with Crippen molar-refractivity contribution in [3.8, 4) is 0 Å². The summed E-state index contributed by atoms with van der Waals surface area (Å²) in [4.78, 5) is 2.06. The molecule has 0 amide bonds. The van der Waals surface area contributed by atoms with E-state index in [9.17, 15) is 0 Å². The highest BCUT2D eigenvalue weighted by molar-refractivity contribution is 5.88. The number of amidine groups is 1. The van der Waals surface area contributed by atoms with Gasteiger partial charge in [-0.05, 0) is 26.9 Å². The predicted octanol–water partition coefficient (Wildman–Crippen LogP) is 0.0746. The Labute approximate surface area is 66.7 Å². The van der Waals surface area contributed by atoms with Crippen molar-refractivity contribution < 1.29 is 5.21 Å². The minimum absolute atomic E-state index is 0.0156. The second kappa shape index (κ2) is 2.70. The van der Waals surface area contributed by atoms with Crippen LogP contribution in [-0.2, 0) is 0 Å². The van der Waals surface area contributed by atoms with E-state index < -0.39 is 0 Å². The van der Waals surface area contributed by atoms with E-state index in [1.54, 1.807) is 0 Å². The van der Waals surface area contributed by atoms with Gasteiger partial charge < -0.3 is 15.8 Å². The maximum absolute atomic E-state index is 8.47. The van der Waals surface area contributed by atoms with Gasteiger partial charge in [0, 0.05) is 12.0 Å². The molecule has 4 nitrogen and oxygen atoms in total. The summed E-state index contributed by atoms with van der Waals surface area (Å²) in [5.41, 5.74) is 5.52. The van der Waals surface area contributed by atoms with Crippen molar-refractivity contribution in [2.45, 2.75) is 12.8 Å². The third-order valence-corrected chi connectivity index (χ3v) is 2.12. The lowest BCUT2D eigenvalue weighted by Gasteiger charge is -2.18. The fourth-order valence-electron chi connectivity index (χ4n) is 1.36. The van der Waals surface area contributed by atoms with E-state index in [1.807, 2.05) is 14.1 Å². The molecule has 0 heterocycles. The molecule has 1 saturated carbocycles. The first-order valence-electron chi connectivity index (χ1n) is 3.73. The zero-order chi connectivity index (χ0) is 8.48. The normalized spacial score (nSPS) is 22.3. The van der Waals surface area contributed by atoms with Crippen LogP contribution in [0, 0.1) is 5.41 Å². The number of hydrogen-bond acceptors (Lipinski definition) is 3. The highest BCUT2D eigenvalue weighted by Crippen LogP contribution is 2.45. The van der Waals surface area contributed by atoms with Gasteiger partial charge in [-0.25, -0.2) is 0 Å². The number of oxime groups is 1. The molecule has 0 aromatic carbocycles. The maximum Gasteiger partial charge on any atom is 0.146 e. The van der Waals surface area contributed by atoms with Crippen LogP contribution >= 0.6 is 0 Å². The average Bonchev–Trinajstić information content (AvgIpc) is 2.67. The Kier molecular flexibility index (Phi) is 2.04. The molecule has 0 aliphatic heterocycles. The fourth-order valence-corrected chi connectivity index (χ4v) is 1.36. The molecule has 11 heavy (non-hydrogen) atoms. The van der Waals surface area contributed by atoms with E-state index >= 15 is 0 Å². The van der Waals surface area contributed by atoms with Gasteiger partial charge in [-0.15, -0.1) is 0 Å². The van der Waals surface area contributed by atoms with Crippen LogP contribution in [0.5, 0.6) is 0 Å². The van der Waals surface area contributed by atoms with Gasteiger partial charge >= 0.3 is 0 Å². The summed E-state index contributed by atoms with van der Waals surface area (Å²) in [6.07, 6.45) is 2.09. The molecule has 1 fully saturated rings. The van der Waals surface area contributed by atoms with Gasteiger partial charge in [-0.3, -0.25) is 0 Å². The Balaban J connectivity index is 2.54. The fraction of sp³-hybridized carbons (Fsp3) is 0.857. The van der Waals surface area contributed by atoms with Crippen LogP contribution in [0.15, 0.2) is 5.16 Å². The van der Waals surface area contributed by atoms with Crippen LogP contribution < -0.4 is 5.73 Å². The lowest BCUT2D eigenvalue weighted by molar-refractivity contribution is 0.303. The number of hydrogen-bond donors (Lipinski definition) is 2. The van der Waals surface area contributed by atoms with Gasteiger partial charge in [-0.1, -0.05) is 5.16 Å². The molecular weight excluding hydrogens is 142 g/mol. The van der Waals surface area contributed by atoms with Gasteiger partial charge in [0.1, 0.15) is 5.84 Å². The molecule has 0 atom stereocenters. The van der Waals surface area contributed by atoms with Gasteiger partial charge in [0.25, 0.3) is 0 Å². The predicted molar refractivity (Wildman–Crippen MR) is 43.6 cm³/mol. The molecule has 64 valence electrons. The topological polar surface area (TPSA) is 61.8 Å². The average molecular weight is 157 g/mol. The second-order valence-electron chi connectivity index (χ2n) is 3.50. The van der Waals surface area contributed by atoms with Crippen molar-refractivity contribution in [3.05, 3.63) is 0 Å². The van der Waals surface area contributed by atoms with E-state index in [4.69, 9.17) is 10.9 Å². The summed E-state index contributed by atoms with van der Waals surface area (Å²) < 4.78 is 0. The zero-order valence-electron chi connectivity index (χ0n) is 7.04. The van der Waals surface area contributed by atoms with Crippen molar-refractivity contribution in [1.82, 2.24) is 4.90 Å². The summed E-state index contributed by atoms with van der Waals surface area (Å²) in [6.45, 7) is 0.878. The maximum atomic E-state index is 8.47. The smallest absolute Gasteiger partial charge is 0.146 e. The SMILES string of the molecule is CN(C)CC1(/C(N)=N/O)CC1. The van der Waals surface area contributed by atoms with Crippen LogP contribution in [0.25, 0.3) is 0 Å². The number of nitrogens with zero attached hydrogens (tertiary/aromatic N) is 2. The molecule has 0 aromatic rings. The minimum Gasteiger partial charge on any atom is -0.409 e. The molecule has 0 spiro atoms. The van der Waals surface area contributed by atoms with E-state index in [0.717, 1.165) is 19.4 Å². The lowest BCUT2D eigenvalue weighted by Crippen LogP contribution is -2.34. The molecule has 4 heteroatoms. The van der Waals surface area contributed by atoms with Crippen LogP contribution in [0.1, 0.15) is 12.8 Å². The largest absolute Gasteiger partial charge is 0.409 e. The van der Waals surface area contributed by atoms with Crippen LogP contribution in [0.2, 0.25) is 0 Å². The van der Waals surface area contributed by atoms with Gasteiger partial charge in [0.05, 0.1) is 0 Å². The molecule has 1 aliphatic rings.